The SMILES string of the molecule is CC1CCN(C2CCC(C)(C)CC2C)CC1CN. The van der Waals surface area contributed by atoms with Crippen molar-refractivity contribution in [3.8, 4) is 0 Å². The van der Waals surface area contributed by atoms with Crippen LogP contribution in [0, 0.1) is 23.2 Å². The molecule has 0 aromatic heterocycles. The van der Waals surface area contributed by atoms with Gasteiger partial charge in [0.05, 0.1) is 0 Å². The Morgan fingerprint density at radius 2 is 1.89 bits per heavy atom. The van der Waals surface area contributed by atoms with Crippen molar-refractivity contribution in [2.75, 3.05) is 19.6 Å². The van der Waals surface area contributed by atoms with Gasteiger partial charge in [-0.05, 0) is 61.9 Å². The summed E-state index contributed by atoms with van der Waals surface area (Å²) in [5, 5.41) is 0. The van der Waals surface area contributed by atoms with Crippen molar-refractivity contribution in [2.24, 2.45) is 28.9 Å². The number of hydrogen-bond donors (Lipinski definition) is 1. The van der Waals surface area contributed by atoms with Gasteiger partial charge in [0.1, 0.15) is 0 Å². The Hall–Kier alpha value is -0.0800. The van der Waals surface area contributed by atoms with Gasteiger partial charge in [-0.2, -0.15) is 0 Å². The third-order valence-electron chi connectivity index (χ3n) is 5.57. The molecule has 1 saturated heterocycles. The zero-order valence-electron chi connectivity index (χ0n) is 12.8. The summed E-state index contributed by atoms with van der Waals surface area (Å²) in [6.45, 7) is 13.1. The molecular formula is C16H32N2. The van der Waals surface area contributed by atoms with Crippen molar-refractivity contribution in [3.63, 3.8) is 0 Å². The van der Waals surface area contributed by atoms with Crippen LogP contribution in [-0.2, 0) is 0 Å². The van der Waals surface area contributed by atoms with E-state index in [1.165, 1.54) is 38.8 Å². The van der Waals surface area contributed by atoms with E-state index in [0.29, 0.717) is 5.41 Å². The van der Waals surface area contributed by atoms with Crippen LogP contribution in [-0.4, -0.2) is 30.6 Å². The highest BCUT2D eigenvalue weighted by atomic mass is 15.2. The first kappa shape index (κ1) is 14.3. The minimum atomic E-state index is 0.562. The third-order valence-corrected chi connectivity index (χ3v) is 5.57. The van der Waals surface area contributed by atoms with Crippen LogP contribution >= 0.6 is 0 Å². The van der Waals surface area contributed by atoms with Crippen molar-refractivity contribution in [1.82, 2.24) is 4.90 Å². The van der Waals surface area contributed by atoms with E-state index in [-0.39, 0.29) is 0 Å². The maximum Gasteiger partial charge on any atom is 0.0121 e. The standard InChI is InChI=1S/C16H32N2/c1-12-6-8-18(11-14(12)10-17)15-5-7-16(3,4)9-13(15)2/h12-15H,5-11,17H2,1-4H3. The maximum atomic E-state index is 5.94. The number of nitrogens with two attached hydrogens (primary N) is 1. The lowest BCUT2D eigenvalue weighted by Gasteiger charge is -2.48. The maximum absolute atomic E-state index is 5.94. The van der Waals surface area contributed by atoms with Crippen LogP contribution in [0.2, 0.25) is 0 Å². The molecular weight excluding hydrogens is 220 g/mol. The Bertz CT molecular complexity index is 274. The quantitative estimate of drug-likeness (QED) is 0.818. The predicted octanol–water partition coefficient (Wildman–Crippen LogP) is 3.12. The van der Waals surface area contributed by atoms with Crippen molar-refractivity contribution in [1.29, 1.82) is 0 Å². The third kappa shape index (κ3) is 3.08. The van der Waals surface area contributed by atoms with Crippen LogP contribution in [0.25, 0.3) is 0 Å². The normalized spacial score (nSPS) is 41.8. The average Bonchev–Trinajstić information content (AvgIpc) is 2.29. The first-order valence-corrected chi connectivity index (χ1v) is 7.87. The summed E-state index contributed by atoms with van der Waals surface area (Å²) < 4.78 is 0. The van der Waals surface area contributed by atoms with Crippen molar-refractivity contribution >= 4 is 0 Å². The van der Waals surface area contributed by atoms with Crippen LogP contribution in [0.5, 0.6) is 0 Å². The molecule has 1 aliphatic carbocycles. The first-order chi connectivity index (χ1) is 8.43. The van der Waals surface area contributed by atoms with Gasteiger partial charge in [-0.15, -0.1) is 0 Å². The minimum Gasteiger partial charge on any atom is -0.330 e. The van der Waals surface area contributed by atoms with Gasteiger partial charge in [-0.3, -0.25) is 4.90 Å². The molecule has 106 valence electrons. The molecule has 4 atom stereocenters. The zero-order chi connectivity index (χ0) is 13.3. The molecule has 2 N–H and O–H groups in total. The van der Waals surface area contributed by atoms with Crippen molar-refractivity contribution in [2.45, 2.75) is 59.4 Å². The molecule has 2 aliphatic rings. The topological polar surface area (TPSA) is 29.3 Å². The molecule has 2 rings (SSSR count). The molecule has 1 heterocycles. The molecule has 1 saturated carbocycles. The largest absolute Gasteiger partial charge is 0.330 e. The molecule has 0 radical (unpaired) electrons. The van der Waals surface area contributed by atoms with Crippen LogP contribution in [0.1, 0.15) is 53.4 Å². The van der Waals surface area contributed by atoms with Gasteiger partial charge < -0.3 is 5.73 Å². The molecule has 0 aromatic carbocycles. The summed E-state index contributed by atoms with van der Waals surface area (Å²) in [4.78, 5) is 2.76. The molecule has 0 aromatic rings. The highest BCUT2D eigenvalue weighted by molar-refractivity contribution is 4.91. The lowest BCUT2D eigenvalue weighted by atomic mass is 9.69. The van der Waals surface area contributed by atoms with E-state index in [9.17, 15) is 0 Å². The zero-order valence-corrected chi connectivity index (χ0v) is 12.8. The van der Waals surface area contributed by atoms with Gasteiger partial charge in [0.15, 0.2) is 0 Å². The van der Waals surface area contributed by atoms with E-state index < -0.39 is 0 Å². The number of nitrogens with zero attached hydrogens (tertiary/aromatic N) is 1. The van der Waals surface area contributed by atoms with Gasteiger partial charge in [-0.1, -0.05) is 27.7 Å². The number of hydrogen-bond acceptors (Lipinski definition) is 2. The fraction of sp³-hybridized carbons (Fsp3) is 1.00. The summed E-state index contributed by atoms with van der Waals surface area (Å²) in [6.07, 6.45) is 5.51. The molecule has 0 spiro atoms. The second-order valence-electron chi connectivity index (χ2n) is 7.71. The van der Waals surface area contributed by atoms with Gasteiger partial charge >= 0.3 is 0 Å². The number of piperidine rings is 1. The molecule has 18 heavy (non-hydrogen) atoms. The molecule has 2 heteroatoms. The Morgan fingerprint density at radius 1 is 1.17 bits per heavy atom. The van der Waals surface area contributed by atoms with Crippen LogP contribution in [0.15, 0.2) is 0 Å². The minimum absolute atomic E-state index is 0.562. The van der Waals surface area contributed by atoms with Gasteiger partial charge in [0.2, 0.25) is 0 Å². The fourth-order valence-corrected chi connectivity index (χ4v) is 4.26. The summed E-state index contributed by atoms with van der Waals surface area (Å²) >= 11 is 0. The average molecular weight is 252 g/mol. The lowest BCUT2D eigenvalue weighted by Crippen LogP contribution is -2.51. The molecule has 4 unspecified atom stereocenters. The molecule has 2 nitrogen and oxygen atoms in total. The monoisotopic (exact) mass is 252 g/mol. The second kappa shape index (κ2) is 5.50. The molecule has 1 aliphatic heterocycles. The van der Waals surface area contributed by atoms with E-state index in [0.717, 1.165) is 30.3 Å². The van der Waals surface area contributed by atoms with E-state index in [2.05, 4.69) is 32.6 Å². The summed E-state index contributed by atoms with van der Waals surface area (Å²) in [6, 6.07) is 0.819. The lowest BCUT2D eigenvalue weighted by molar-refractivity contribution is 0.0195. The fourth-order valence-electron chi connectivity index (χ4n) is 4.26. The first-order valence-electron chi connectivity index (χ1n) is 7.87. The Labute approximate surface area is 113 Å². The van der Waals surface area contributed by atoms with E-state index in [1.54, 1.807) is 0 Å². The van der Waals surface area contributed by atoms with Crippen LogP contribution in [0.4, 0.5) is 0 Å². The molecule has 0 bridgehead atoms. The summed E-state index contributed by atoms with van der Waals surface area (Å²) in [5.74, 6) is 2.39. The highest BCUT2D eigenvalue weighted by Gasteiger charge is 2.37. The smallest absolute Gasteiger partial charge is 0.0121 e. The Morgan fingerprint density at radius 3 is 2.50 bits per heavy atom. The molecule has 0 amide bonds. The second-order valence-corrected chi connectivity index (χ2v) is 7.71. The predicted molar refractivity (Wildman–Crippen MR) is 78.5 cm³/mol. The summed E-state index contributed by atoms with van der Waals surface area (Å²) in [7, 11) is 0. The van der Waals surface area contributed by atoms with E-state index >= 15 is 0 Å². The van der Waals surface area contributed by atoms with Gasteiger partial charge in [0, 0.05) is 12.6 Å². The van der Waals surface area contributed by atoms with E-state index in [4.69, 9.17) is 5.73 Å². The number of rotatable bonds is 2. The van der Waals surface area contributed by atoms with Crippen LogP contribution in [0.3, 0.4) is 0 Å². The van der Waals surface area contributed by atoms with Crippen molar-refractivity contribution in [3.05, 3.63) is 0 Å². The summed E-state index contributed by atoms with van der Waals surface area (Å²) in [5.41, 5.74) is 6.50. The van der Waals surface area contributed by atoms with E-state index in [1.807, 2.05) is 0 Å². The molecule has 2 fully saturated rings. The number of likely N-dealkylation sites (tertiary alicyclic amines) is 1. The van der Waals surface area contributed by atoms with Crippen LogP contribution < -0.4 is 5.73 Å². The van der Waals surface area contributed by atoms with Gasteiger partial charge in [-0.25, -0.2) is 0 Å². The Kier molecular flexibility index (Phi) is 4.38. The Balaban J connectivity index is 1.96. The van der Waals surface area contributed by atoms with Gasteiger partial charge in [0.25, 0.3) is 0 Å². The highest BCUT2D eigenvalue weighted by Crippen LogP contribution is 2.41. The van der Waals surface area contributed by atoms with Crippen molar-refractivity contribution < 1.29 is 0 Å².